The number of carbonyl (C=O) groups is 1. The Morgan fingerprint density at radius 2 is 2.26 bits per heavy atom. The summed E-state index contributed by atoms with van der Waals surface area (Å²) >= 11 is 1.73. The number of aryl methyl sites for hydroxylation is 1. The summed E-state index contributed by atoms with van der Waals surface area (Å²) in [5.41, 5.74) is 7.79. The van der Waals surface area contributed by atoms with Gasteiger partial charge in [0.1, 0.15) is 0 Å². The quantitative estimate of drug-likeness (QED) is 0.824. The molecule has 4 heteroatoms. The molecule has 1 rings (SSSR count). The third-order valence-corrected chi connectivity index (χ3v) is 3.74. The topological polar surface area (TPSA) is 55.1 Å². The Labute approximate surface area is 119 Å². The minimum atomic E-state index is -0.0465. The first-order valence-corrected chi connectivity index (χ1v) is 7.47. The Kier molecular flexibility index (Phi) is 6.48. The second-order valence-electron chi connectivity index (χ2n) is 4.29. The molecule has 0 heterocycles. The summed E-state index contributed by atoms with van der Waals surface area (Å²) in [5.74, 6) is 5.69. The number of nitrogens with one attached hydrogen (secondary N) is 1. The van der Waals surface area contributed by atoms with E-state index in [-0.39, 0.29) is 5.91 Å². The highest BCUT2D eigenvalue weighted by Gasteiger charge is 2.10. The zero-order valence-electron chi connectivity index (χ0n) is 11.6. The van der Waals surface area contributed by atoms with Gasteiger partial charge in [0, 0.05) is 22.9 Å². The maximum Gasteiger partial charge on any atom is 0.251 e. The first kappa shape index (κ1) is 15.6. The summed E-state index contributed by atoms with van der Waals surface area (Å²) in [6.45, 7) is 4.99. The van der Waals surface area contributed by atoms with E-state index in [9.17, 15) is 4.79 Å². The Morgan fingerprint density at radius 1 is 1.53 bits per heavy atom. The second kappa shape index (κ2) is 7.88. The highest BCUT2D eigenvalue weighted by molar-refractivity contribution is 7.99. The van der Waals surface area contributed by atoms with Gasteiger partial charge >= 0.3 is 0 Å². The molecule has 0 aromatic heterocycles. The van der Waals surface area contributed by atoms with Gasteiger partial charge in [0.2, 0.25) is 0 Å². The van der Waals surface area contributed by atoms with Crippen LogP contribution < -0.4 is 11.1 Å². The van der Waals surface area contributed by atoms with Crippen LogP contribution in [-0.2, 0) is 0 Å². The predicted octanol–water partition coefficient (Wildman–Crippen LogP) is 1.79. The van der Waals surface area contributed by atoms with Crippen LogP contribution in [0, 0.1) is 18.8 Å². The van der Waals surface area contributed by atoms with Crippen LogP contribution in [0.5, 0.6) is 0 Å². The van der Waals surface area contributed by atoms with Crippen LogP contribution in [0.3, 0.4) is 0 Å². The van der Waals surface area contributed by atoms with Crippen LogP contribution in [0.2, 0.25) is 0 Å². The molecule has 19 heavy (non-hydrogen) atoms. The average molecular weight is 276 g/mol. The van der Waals surface area contributed by atoms with E-state index < -0.39 is 0 Å². The van der Waals surface area contributed by atoms with Crippen LogP contribution in [0.25, 0.3) is 0 Å². The number of hydrogen-bond donors (Lipinski definition) is 2. The molecule has 1 aromatic carbocycles. The fourth-order valence-electron chi connectivity index (χ4n) is 1.51. The van der Waals surface area contributed by atoms with Gasteiger partial charge in [-0.05, 0) is 30.9 Å². The molecule has 0 saturated heterocycles. The molecule has 1 atom stereocenters. The molecular formula is C15H20N2OS. The van der Waals surface area contributed by atoms with Gasteiger partial charge in [-0.15, -0.1) is 0 Å². The van der Waals surface area contributed by atoms with Crippen LogP contribution >= 0.6 is 11.8 Å². The van der Waals surface area contributed by atoms with Crippen molar-refractivity contribution in [2.45, 2.75) is 19.1 Å². The Bertz CT molecular complexity index is 503. The maximum atomic E-state index is 12.1. The molecule has 0 radical (unpaired) electrons. The minimum Gasteiger partial charge on any atom is -0.351 e. The number of thioether (sulfide) groups is 1. The van der Waals surface area contributed by atoms with Gasteiger partial charge in [-0.2, -0.15) is 11.8 Å². The molecule has 0 bridgehead atoms. The fourth-order valence-corrected chi connectivity index (χ4v) is 1.76. The van der Waals surface area contributed by atoms with E-state index in [1.165, 1.54) is 0 Å². The smallest absolute Gasteiger partial charge is 0.251 e. The van der Waals surface area contributed by atoms with Crippen molar-refractivity contribution < 1.29 is 4.79 Å². The number of rotatable bonds is 4. The Morgan fingerprint density at radius 3 is 2.89 bits per heavy atom. The average Bonchev–Trinajstić information content (AvgIpc) is 2.43. The summed E-state index contributed by atoms with van der Waals surface area (Å²) in [6.07, 6.45) is 2.03. The van der Waals surface area contributed by atoms with Crippen molar-refractivity contribution in [3.05, 3.63) is 34.9 Å². The van der Waals surface area contributed by atoms with E-state index >= 15 is 0 Å². The summed E-state index contributed by atoms with van der Waals surface area (Å²) in [6, 6.07) is 5.63. The molecule has 0 fully saturated rings. The van der Waals surface area contributed by atoms with E-state index in [1.807, 2.05) is 31.4 Å². The van der Waals surface area contributed by atoms with Crippen LogP contribution in [0.4, 0.5) is 0 Å². The molecule has 1 unspecified atom stereocenters. The molecular weight excluding hydrogens is 256 g/mol. The lowest BCUT2D eigenvalue weighted by molar-refractivity contribution is 0.0953. The molecule has 3 N–H and O–H groups in total. The molecule has 3 nitrogen and oxygen atoms in total. The fraction of sp³-hybridized carbons (Fsp3) is 0.400. The second-order valence-corrected chi connectivity index (χ2v) is 5.57. The standard InChI is InChI=1S/C15H20N2OS/c1-11-6-7-13(5-4-8-16)9-14(11)15(18)17-10-12(2)19-3/h6-7,9,12H,8,10,16H2,1-3H3,(H,17,18). The van der Waals surface area contributed by atoms with Gasteiger partial charge in [0.25, 0.3) is 5.91 Å². The Hall–Kier alpha value is -1.44. The zero-order valence-corrected chi connectivity index (χ0v) is 12.4. The van der Waals surface area contributed by atoms with Crippen molar-refractivity contribution >= 4 is 17.7 Å². The lowest BCUT2D eigenvalue weighted by Gasteiger charge is -2.11. The highest BCUT2D eigenvalue weighted by atomic mass is 32.2. The molecule has 1 aromatic rings. The molecule has 0 spiro atoms. The first-order chi connectivity index (χ1) is 9.08. The van der Waals surface area contributed by atoms with Crippen LogP contribution in [0.15, 0.2) is 18.2 Å². The molecule has 0 aliphatic heterocycles. The number of carbonyl (C=O) groups excluding carboxylic acids is 1. The van der Waals surface area contributed by atoms with Crippen molar-refractivity contribution in [1.82, 2.24) is 5.32 Å². The van der Waals surface area contributed by atoms with Crippen molar-refractivity contribution in [1.29, 1.82) is 0 Å². The van der Waals surface area contributed by atoms with Crippen molar-refractivity contribution in [3.8, 4) is 11.8 Å². The van der Waals surface area contributed by atoms with Gasteiger partial charge in [-0.3, -0.25) is 4.79 Å². The SMILES string of the molecule is CSC(C)CNC(=O)c1cc(C#CCN)ccc1C. The molecule has 0 aliphatic rings. The number of hydrogen-bond acceptors (Lipinski definition) is 3. The van der Waals surface area contributed by atoms with Gasteiger partial charge < -0.3 is 11.1 Å². The molecule has 0 aliphatic carbocycles. The maximum absolute atomic E-state index is 12.1. The number of nitrogens with two attached hydrogens (primary N) is 1. The van der Waals surface area contributed by atoms with Gasteiger partial charge in [-0.1, -0.05) is 24.8 Å². The highest BCUT2D eigenvalue weighted by Crippen LogP contribution is 2.11. The summed E-state index contributed by atoms with van der Waals surface area (Å²) in [5, 5.41) is 3.35. The van der Waals surface area contributed by atoms with Gasteiger partial charge in [0.05, 0.1) is 6.54 Å². The minimum absolute atomic E-state index is 0.0465. The van der Waals surface area contributed by atoms with Crippen molar-refractivity contribution in [2.75, 3.05) is 19.3 Å². The molecule has 0 saturated carbocycles. The van der Waals surface area contributed by atoms with E-state index in [1.54, 1.807) is 11.8 Å². The van der Waals surface area contributed by atoms with E-state index in [4.69, 9.17) is 5.73 Å². The van der Waals surface area contributed by atoms with Crippen LogP contribution in [-0.4, -0.2) is 30.5 Å². The first-order valence-electron chi connectivity index (χ1n) is 6.19. The number of amides is 1. The molecule has 102 valence electrons. The third-order valence-electron chi connectivity index (χ3n) is 2.77. The summed E-state index contributed by atoms with van der Waals surface area (Å²) in [7, 11) is 0. The lowest BCUT2D eigenvalue weighted by Crippen LogP contribution is -2.29. The van der Waals surface area contributed by atoms with Crippen molar-refractivity contribution in [2.24, 2.45) is 5.73 Å². The third kappa shape index (κ3) is 4.98. The molecule has 1 amide bonds. The van der Waals surface area contributed by atoms with E-state index in [0.717, 1.165) is 11.1 Å². The summed E-state index contributed by atoms with van der Waals surface area (Å²) < 4.78 is 0. The van der Waals surface area contributed by atoms with E-state index in [2.05, 4.69) is 24.1 Å². The zero-order chi connectivity index (χ0) is 14.3. The van der Waals surface area contributed by atoms with E-state index in [0.29, 0.717) is 23.9 Å². The normalized spacial score (nSPS) is 11.4. The lowest BCUT2D eigenvalue weighted by atomic mass is 10.0. The van der Waals surface area contributed by atoms with Gasteiger partial charge in [-0.25, -0.2) is 0 Å². The van der Waals surface area contributed by atoms with Crippen molar-refractivity contribution in [3.63, 3.8) is 0 Å². The Balaban J connectivity index is 2.83. The monoisotopic (exact) mass is 276 g/mol. The largest absolute Gasteiger partial charge is 0.351 e. The van der Waals surface area contributed by atoms with Gasteiger partial charge in [0.15, 0.2) is 0 Å². The predicted molar refractivity (Wildman–Crippen MR) is 82.4 cm³/mol. The number of benzene rings is 1. The van der Waals surface area contributed by atoms with Crippen LogP contribution in [0.1, 0.15) is 28.4 Å². The summed E-state index contributed by atoms with van der Waals surface area (Å²) in [4.78, 5) is 12.1.